The Labute approximate surface area is 388 Å². The summed E-state index contributed by atoms with van der Waals surface area (Å²) in [7, 11) is 1.63. The maximum absolute atomic E-state index is 13.8. The number of rotatable bonds is 15. The minimum atomic E-state index is -0.809. The molecule has 14 nitrogen and oxygen atoms in total. The van der Waals surface area contributed by atoms with E-state index in [1.807, 2.05) is 42.5 Å². The number of hydrogen-bond donors (Lipinski definition) is 2. The van der Waals surface area contributed by atoms with Crippen LogP contribution in [0.15, 0.2) is 85.2 Å². The summed E-state index contributed by atoms with van der Waals surface area (Å²) >= 11 is 6.89. The number of carboxylic acids is 2. The van der Waals surface area contributed by atoms with Crippen LogP contribution >= 0.6 is 11.6 Å². The molecule has 0 radical (unpaired) electrons. The lowest BCUT2D eigenvalue weighted by Crippen LogP contribution is -2.41. The average Bonchev–Trinajstić information content (AvgIpc) is 3.98. The Morgan fingerprint density at radius 1 is 0.788 bits per heavy atom. The molecule has 15 heteroatoms. The van der Waals surface area contributed by atoms with Crippen LogP contribution in [0.5, 0.6) is 11.5 Å². The molecule has 2 saturated heterocycles. The summed E-state index contributed by atoms with van der Waals surface area (Å²) in [6.45, 7) is 7.79. The monoisotopic (exact) mass is 910 g/mol. The molecule has 0 aliphatic carbocycles. The summed E-state index contributed by atoms with van der Waals surface area (Å²) < 4.78 is 12.8. The average molecular weight is 911 g/mol. The van der Waals surface area contributed by atoms with Gasteiger partial charge in [-0.05, 0) is 103 Å². The number of amides is 2. The summed E-state index contributed by atoms with van der Waals surface area (Å²) in [6, 6.07) is 25.2. The molecule has 4 aromatic carbocycles. The molecule has 3 aliphatic rings. The fourth-order valence-electron chi connectivity index (χ4n) is 9.21. The molecule has 1 aromatic heterocycles. The van der Waals surface area contributed by atoms with E-state index >= 15 is 0 Å². The highest BCUT2D eigenvalue weighted by Crippen LogP contribution is 2.39. The van der Waals surface area contributed by atoms with Crippen LogP contribution in [0.2, 0.25) is 5.02 Å². The molecule has 0 saturated carbocycles. The van der Waals surface area contributed by atoms with Gasteiger partial charge in [0.2, 0.25) is 5.91 Å². The van der Waals surface area contributed by atoms with E-state index in [0.29, 0.717) is 97.6 Å². The number of aromatic nitrogens is 1. The molecule has 0 spiro atoms. The second-order valence-electron chi connectivity index (χ2n) is 17.4. The number of carbonyl (C=O) groups is 4. The topological polar surface area (TPSA) is 177 Å². The number of hydrogen-bond acceptors (Lipinski definition) is 10. The maximum atomic E-state index is 13.8. The standard InChI is InChI=1S/C51H51ClN6O8/c1-31-38(30-66-47-21-46(65-29-34-18-33(22-53)23-54-24-34)39(20-44(47)52)27-57-15-13-37(26-57)51(63)64)6-4-8-41(31)42-9-5-7-40(32(42)2)35-10-11-45-43(19-35)49(60)55(3)28-48(59)58(45)17-16-56-14-12-36(25-56)50(61)62/h4-11,18-21,23-24,36-37H,12-17,25-30H2,1-3H3,(H,61,62)(H,63,64)/t36-,37-/m0/s1. The first-order chi connectivity index (χ1) is 31.8. The Bertz CT molecular complexity index is 2760. The molecular formula is C51H51ClN6O8. The van der Waals surface area contributed by atoms with Crippen LogP contribution in [0.4, 0.5) is 5.69 Å². The molecule has 0 bridgehead atoms. The van der Waals surface area contributed by atoms with E-state index in [9.17, 15) is 34.7 Å². The summed E-state index contributed by atoms with van der Waals surface area (Å²) in [5.74, 6) is -1.97. The molecule has 2 fully saturated rings. The lowest BCUT2D eigenvalue weighted by molar-refractivity contribution is -0.142. The number of fused-ring (bicyclic) bond motifs is 1. The van der Waals surface area contributed by atoms with Gasteiger partial charge < -0.3 is 34.4 Å². The van der Waals surface area contributed by atoms with Gasteiger partial charge in [0.05, 0.1) is 33.7 Å². The van der Waals surface area contributed by atoms with Gasteiger partial charge in [-0.1, -0.05) is 54.1 Å². The highest BCUT2D eigenvalue weighted by molar-refractivity contribution is 6.32. The van der Waals surface area contributed by atoms with E-state index in [1.165, 1.54) is 11.1 Å². The van der Waals surface area contributed by atoms with Gasteiger partial charge in [0.15, 0.2) is 0 Å². The summed E-state index contributed by atoms with van der Waals surface area (Å²) in [5.41, 5.74) is 9.62. The lowest BCUT2D eigenvalue weighted by atomic mass is 9.89. The number of carbonyl (C=O) groups excluding carboxylic acids is 2. The van der Waals surface area contributed by atoms with Crippen molar-refractivity contribution in [2.24, 2.45) is 11.8 Å². The molecule has 66 heavy (non-hydrogen) atoms. The van der Waals surface area contributed by atoms with E-state index in [1.54, 1.807) is 36.3 Å². The van der Waals surface area contributed by atoms with Gasteiger partial charge >= 0.3 is 11.9 Å². The first-order valence-corrected chi connectivity index (χ1v) is 22.4. The second kappa shape index (κ2) is 19.8. The van der Waals surface area contributed by atoms with Crippen LogP contribution in [0.1, 0.15) is 56.6 Å². The van der Waals surface area contributed by atoms with Crippen molar-refractivity contribution >= 4 is 41.0 Å². The normalized spacial score (nSPS) is 17.7. The number of carboxylic acid groups (broad SMARTS) is 2. The van der Waals surface area contributed by atoms with Crippen molar-refractivity contribution in [3.8, 4) is 39.8 Å². The third-order valence-corrected chi connectivity index (χ3v) is 13.3. The Balaban J connectivity index is 1.03. The summed E-state index contributed by atoms with van der Waals surface area (Å²) in [4.78, 5) is 61.9. The minimum Gasteiger partial charge on any atom is -0.488 e. The molecule has 2 amide bonds. The summed E-state index contributed by atoms with van der Waals surface area (Å²) in [5, 5.41) is 28.8. The molecule has 4 heterocycles. The predicted molar refractivity (Wildman–Crippen MR) is 248 cm³/mol. The minimum absolute atomic E-state index is 0.0622. The number of ether oxygens (including phenoxy) is 2. The highest BCUT2D eigenvalue weighted by Gasteiger charge is 2.33. The van der Waals surface area contributed by atoms with Crippen molar-refractivity contribution in [2.45, 2.75) is 46.4 Å². The number of pyridine rings is 1. The first-order valence-electron chi connectivity index (χ1n) is 22.0. The van der Waals surface area contributed by atoms with Gasteiger partial charge in [0.1, 0.15) is 37.3 Å². The van der Waals surface area contributed by atoms with E-state index in [4.69, 9.17) is 21.1 Å². The molecule has 8 rings (SSSR count). The number of halogens is 1. The van der Waals surface area contributed by atoms with Crippen molar-refractivity contribution in [1.82, 2.24) is 19.7 Å². The van der Waals surface area contributed by atoms with Gasteiger partial charge in [-0.15, -0.1) is 0 Å². The van der Waals surface area contributed by atoms with E-state index in [0.717, 1.165) is 44.5 Å². The van der Waals surface area contributed by atoms with E-state index < -0.39 is 23.8 Å². The zero-order valence-corrected chi connectivity index (χ0v) is 37.9. The van der Waals surface area contributed by atoms with Gasteiger partial charge in [-0.3, -0.25) is 29.1 Å². The molecular weight excluding hydrogens is 860 g/mol. The van der Waals surface area contributed by atoms with E-state index in [-0.39, 0.29) is 31.6 Å². The van der Waals surface area contributed by atoms with Crippen LogP contribution in [0, 0.1) is 37.0 Å². The number of anilines is 1. The number of nitrogens with zero attached hydrogens (tertiary/aromatic N) is 6. The zero-order chi connectivity index (χ0) is 46.6. The highest BCUT2D eigenvalue weighted by atomic mass is 35.5. The molecule has 2 atom stereocenters. The quantitative estimate of drug-likeness (QED) is 0.106. The number of benzene rings is 4. The molecule has 340 valence electrons. The number of aliphatic carboxylic acids is 2. The van der Waals surface area contributed by atoms with Crippen LogP contribution in [-0.4, -0.2) is 107 Å². The van der Waals surface area contributed by atoms with Crippen LogP contribution in [0.3, 0.4) is 0 Å². The van der Waals surface area contributed by atoms with Gasteiger partial charge in [0.25, 0.3) is 5.91 Å². The van der Waals surface area contributed by atoms with Crippen molar-refractivity contribution in [3.05, 3.63) is 129 Å². The summed E-state index contributed by atoms with van der Waals surface area (Å²) in [6.07, 6.45) is 4.26. The Morgan fingerprint density at radius 3 is 2.20 bits per heavy atom. The maximum Gasteiger partial charge on any atom is 0.307 e. The van der Waals surface area contributed by atoms with Crippen LogP contribution in [0.25, 0.3) is 22.3 Å². The van der Waals surface area contributed by atoms with Crippen molar-refractivity contribution in [2.75, 3.05) is 57.8 Å². The Kier molecular flexibility index (Phi) is 13.7. The van der Waals surface area contributed by atoms with Gasteiger partial charge in [-0.2, -0.15) is 5.26 Å². The molecule has 3 aliphatic heterocycles. The lowest BCUT2D eigenvalue weighted by Gasteiger charge is -2.25. The fourth-order valence-corrected chi connectivity index (χ4v) is 9.45. The van der Waals surface area contributed by atoms with Crippen LogP contribution < -0.4 is 14.4 Å². The largest absolute Gasteiger partial charge is 0.488 e. The third kappa shape index (κ3) is 9.89. The smallest absolute Gasteiger partial charge is 0.307 e. The van der Waals surface area contributed by atoms with Crippen molar-refractivity contribution in [3.63, 3.8) is 0 Å². The number of nitriles is 1. The van der Waals surface area contributed by atoms with Gasteiger partial charge in [0, 0.05) is 69.4 Å². The van der Waals surface area contributed by atoms with Crippen molar-refractivity contribution < 1.29 is 38.9 Å². The molecule has 0 unspecified atom stereocenters. The molecule has 2 N–H and O–H groups in total. The van der Waals surface area contributed by atoms with E-state index in [2.05, 4.69) is 46.8 Å². The second-order valence-corrected chi connectivity index (χ2v) is 17.8. The zero-order valence-electron chi connectivity index (χ0n) is 37.1. The SMILES string of the molecule is Cc1c(COc2cc(OCc3cncc(C#N)c3)c(CN3CC[C@H](C(=O)O)C3)cc2Cl)cccc1-c1cccc(-c2ccc3c(c2)C(=O)N(C)CC(=O)N3CCN2CC[C@H](C(=O)O)C2)c1C. The Morgan fingerprint density at radius 2 is 1.47 bits per heavy atom. The number of likely N-dealkylation sites (N-methyl/N-ethyl adjacent to an activating group) is 1. The molecule has 5 aromatic rings. The van der Waals surface area contributed by atoms with Crippen molar-refractivity contribution in [1.29, 1.82) is 5.26 Å². The first kappa shape index (κ1) is 45.8. The fraction of sp³-hybridized carbons (Fsp3) is 0.333. The third-order valence-electron chi connectivity index (χ3n) is 13.0. The predicted octanol–water partition coefficient (Wildman–Crippen LogP) is 7.45. The van der Waals surface area contributed by atoms with Gasteiger partial charge in [-0.25, -0.2) is 0 Å². The number of likely N-dealkylation sites (tertiary alicyclic amines) is 2. The van der Waals surface area contributed by atoms with Crippen LogP contribution in [-0.2, 0) is 34.1 Å². The Hall–Kier alpha value is -6.79.